The molecule has 1 aliphatic heterocycles. The number of piperidine rings is 1. The first kappa shape index (κ1) is 15.8. The van der Waals surface area contributed by atoms with Crippen LogP contribution in [0.4, 0.5) is 10.5 Å². The van der Waals surface area contributed by atoms with Crippen LogP contribution in [0.3, 0.4) is 0 Å². The molecule has 1 aliphatic rings. The third kappa shape index (κ3) is 3.95. The average molecular weight is 357 g/mol. The number of anilines is 1. The van der Waals surface area contributed by atoms with E-state index in [0.29, 0.717) is 23.2 Å². The number of hydrogen-bond donors (Lipinski definition) is 3. The Balaban J connectivity index is 2.00. The fourth-order valence-corrected chi connectivity index (χ4v) is 2.70. The topological polar surface area (TPSA) is 89.9 Å². The summed E-state index contributed by atoms with van der Waals surface area (Å²) in [4.78, 5) is 24.9. The molecule has 0 saturated carbocycles. The van der Waals surface area contributed by atoms with E-state index in [-0.39, 0.29) is 24.1 Å². The van der Waals surface area contributed by atoms with Crippen molar-refractivity contribution < 1.29 is 19.8 Å². The third-order valence-electron chi connectivity index (χ3n) is 3.61. The number of aliphatic hydroxyl groups is 1. The lowest BCUT2D eigenvalue weighted by molar-refractivity contribution is 0.0696. The van der Waals surface area contributed by atoms with E-state index in [9.17, 15) is 9.59 Å². The summed E-state index contributed by atoms with van der Waals surface area (Å²) in [6.07, 6.45) is 1.56. The van der Waals surface area contributed by atoms with Gasteiger partial charge in [0.1, 0.15) is 0 Å². The van der Waals surface area contributed by atoms with E-state index in [0.717, 1.165) is 12.8 Å². The number of aliphatic hydroxyl groups excluding tert-OH is 1. The summed E-state index contributed by atoms with van der Waals surface area (Å²) in [5.74, 6) is -0.790. The Morgan fingerprint density at radius 3 is 2.57 bits per heavy atom. The summed E-state index contributed by atoms with van der Waals surface area (Å²) in [5, 5.41) is 20.8. The second-order valence-corrected chi connectivity index (χ2v) is 5.90. The Kier molecular flexibility index (Phi) is 5.19. The number of rotatable bonds is 3. The zero-order chi connectivity index (χ0) is 15.4. The van der Waals surface area contributed by atoms with Crippen molar-refractivity contribution in [1.82, 2.24) is 4.90 Å². The fourth-order valence-electron chi connectivity index (χ4n) is 2.29. The van der Waals surface area contributed by atoms with Crippen LogP contribution in [0.25, 0.3) is 0 Å². The highest BCUT2D eigenvalue weighted by atomic mass is 79.9. The smallest absolute Gasteiger partial charge is 0.336 e. The molecule has 7 heteroatoms. The van der Waals surface area contributed by atoms with Gasteiger partial charge in [0.25, 0.3) is 0 Å². The molecule has 6 nitrogen and oxygen atoms in total. The molecule has 2 rings (SSSR count). The monoisotopic (exact) mass is 356 g/mol. The normalized spacial score (nSPS) is 15.8. The molecule has 0 aromatic heterocycles. The SMILES string of the molecule is O=C(O)c1cc(NC(=O)N2CCC(CO)CC2)ccc1Br. The van der Waals surface area contributed by atoms with Crippen LogP contribution in [0.1, 0.15) is 23.2 Å². The summed E-state index contributed by atoms with van der Waals surface area (Å²) in [7, 11) is 0. The molecule has 0 atom stereocenters. The van der Waals surface area contributed by atoms with Gasteiger partial charge < -0.3 is 20.4 Å². The second kappa shape index (κ2) is 6.91. The van der Waals surface area contributed by atoms with Crippen LogP contribution in [0.5, 0.6) is 0 Å². The molecule has 0 aliphatic carbocycles. The quantitative estimate of drug-likeness (QED) is 0.775. The highest BCUT2D eigenvalue weighted by Gasteiger charge is 2.22. The van der Waals surface area contributed by atoms with Crippen LogP contribution in [0.2, 0.25) is 0 Å². The fraction of sp³-hybridized carbons (Fsp3) is 0.429. The first-order valence-electron chi connectivity index (χ1n) is 6.71. The maximum absolute atomic E-state index is 12.1. The van der Waals surface area contributed by atoms with Gasteiger partial charge in [-0.2, -0.15) is 0 Å². The summed E-state index contributed by atoms with van der Waals surface area (Å²) >= 11 is 3.16. The highest BCUT2D eigenvalue weighted by molar-refractivity contribution is 9.10. The van der Waals surface area contributed by atoms with Gasteiger partial charge in [0.15, 0.2) is 0 Å². The molecule has 1 heterocycles. The van der Waals surface area contributed by atoms with E-state index in [1.54, 1.807) is 17.0 Å². The molecule has 2 amide bonds. The van der Waals surface area contributed by atoms with Crippen molar-refractivity contribution in [2.45, 2.75) is 12.8 Å². The van der Waals surface area contributed by atoms with Gasteiger partial charge in [0, 0.05) is 29.9 Å². The molecular weight excluding hydrogens is 340 g/mol. The van der Waals surface area contributed by atoms with Crippen molar-refractivity contribution in [1.29, 1.82) is 0 Å². The summed E-state index contributed by atoms with van der Waals surface area (Å²) in [6.45, 7) is 1.35. The molecule has 21 heavy (non-hydrogen) atoms. The summed E-state index contributed by atoms with van der Waals surface area (Å²) < 4.78 is 0.469. The largest absolute Gasteiger partial charge is 0.478 e. The van der Waals surface area contributed by atoms with Crippen molar-refractivity contribution in [3.05, 3.63) is 28.2 Å². The number of likely N-dealkylation sites (tertiary alicyclic amines) is 1. The molecule has 1 aromatic carbocycles. The average Bonchev–Trinajstić information content (AvgIpc) is 2.49. The lowest BCUT2D eigenvalue weighted by atomic mass is 9.98. The van der Waals surface area contributed by atoms with Gasteiger partial charge in [-0.25, -0.2) is 9.59 Å². The molecule has 0 unspecified atom stereocenters. The van der Waals surface area contributed by atoms with Crippen molar-refractivity contribution in [3.63, 3.8) is 0 Å². The second-order valence-electron chi connectivity index (χ2n) is 5.04. The number of nitrogens with one attached hydrogen (secondary N) is 1. The Bertz CT molecular complexity index is 542. The van der Waals surface area contributed by atoms with Gasteiger partial charge in [-0.05, 0) is 52.9 Å². The number of carbonyl (C=O) groups excluding carboxylic acids is 1. The van der Waals surface area contributed by atoms with E-state index in [2.05, 4.69) is 21.2 Å². The van der Waals surface area contributed by atoms with Crippen LogP contribution in [0, 0.1) is 5.92 Å². The standard InChI is InChI=1S/C14H17BrN2O4/c15-12-2-1-10(7-11(12)13(19)20)16-14(21)17-5-3-9(8-18)4-6-17/h1-2,7,9,18H,3-6,8H2,(H,16,21)(H,19,20). The van der Waals surface area contributed by atoms with Crippen LogP contribution in [0.15, 0.2) is 22.7 Å². The molecular formula is C14H17BrN2O4. The molecule has 1 fully saturated rings. The minimum absolute atomic E-state index is 0.104. The maximum Gasteiger partial charge on any atom is 0.336 e. The van der Waals surface area contributed by atoms with Crippen LogP contribution in [-0.4, -0.2) is 46.8 Å². The lowest BCUT2D eigenvalue weighted by Crippen LogP contribution is -2.41. The molecule has 0 bridgehead atoms. The van der Waals surface area contributed by atoms with E-state index >= 15 is 0 Å². The molecule has 114 valence electrons. The number of carbonyl (C=O) groups is 2. The zero-order valence-electron chi connectivity index (χ0n) is 11.4. The Morgan fingerprint density at radius 1 is 1.33 bits per heavy atom. The number of halogens is 1. The van der Waals surface area contributed by atoms with E-state index in [1.807, 2.05) is 0 Å². The number of hydrogen-bond acceptors (Lipinski definition) is 3. The zero-order valence-corrected chi connectivity index (χ0v) is 13.0. The van der Waals surface area contributed by atoms with Gasteiger partial charge >= 0.3 is 12.0 Å². The van der Waals surface area contributed by atoms with Gasteiger partial charge in [0.05, 0.1) is 5.56 Å². The van der Waals surface area contributed by atoms with E-state index < -0.39 is 5.97 Å². The molecule has 3 N–H and O–H groups in total. The molecule has 0 radical (unpaired) electrons. The van der Waals surface area contributed by atoms with Crippen LogP contribution < -0.4 is 5.32 Å². The Labute approximate surface area is 130 Å². The minimum Gasteiger partial charge on any atom is -0.478 e. The summed E-state index contributed by atoms with van der Waals surface area (Å²) in [6, 6.07) is 4.42. The first-order valence-corrected chi connectivity index (χ1v) is 7.50. The van der Waals surface area contributed by atoms with Crippen LogP contribution in [-0.2, 0) is 0 Å². The van der Waals surface area contributed by atoms with E-state index in [1.165, 1.54) is 6.07 Å². The molecule has 1 saturated heterocycles. The van der Waals surface area contributed by atoms with Crippen molar-refractivity contribution >= 4 is 33.6 Å². The van der Waals surface area contributed by atoms with Crippen molar-refractivity contribution in [2.75, 3.05) is 25.0 Å². The number of carboxylic acids is 1. The van der Waals surface area contributed by atoms with Crippen LogP contribution >= 0.6 is 15.9 Å². The van der Waals surface area contributed by atoms with Gasteiger partial charge in [0.2, 0.25) is 0 Å². The number of carboxylic acid groups (broad SMARTS) is 1. The number of benzene rings is 1. The molecule has 0 spiro atoms. The predicted octanol–water partition coefficient (Wildman–Crippen LogP) is 2.38. The van der Waals surface area contributed by atoms with Crippen molar-refractivity contribution in [3.8, 4) is 0 Å². The number of nitrogens with zero attached hydrogens (tertiary/aromatic N) is 1. The predicted molar refractivity (Wildman–Crippen MR) is 81.5 cm³/mol. The van der Waals surface area contributed by atoms with Gasteiger partial charge in [-0.15, -0.1) is 0 Å². The first-order chi connectivity index (χ1) is 10.0. The van der Waals surface area contributed by atoms with Gasteiger partial charge in [-0.3, -0.25) is 0 Å². The minimum atomic E-state index is -1.05. The number of aromatic carboxylic acids is 1. The summed E-state index contributed by atoms with van der Waals surface area (Å²) in [5.41, 5.74) is 0.552. The van der Waals surface area contributed by atoms with E-state index in [4.69, 9.17) is 10.2 Å². The molecule has 1 aromatic rings. The highest BCUT2D eigenvalue weighted by Crippen LogP contribution is 2.22. The number of amides is 2. The van der Waals surface area contributed by atoms with Gasteiger partial charge in [-0.1, -0.05) is 0 Å². The third-order valence-corrected chi connectivity index (χ3v) is 4.30. The maximum atomic E-state index is 12.1. The van der Waals surface area contributed by atoms with Crippen molar-refractivity contribution in [2.24, 2.45) is 5.92 Å². The lowest BCUT2D eigenvalue weighted by Gasteiger charge is -2.31. The Hall–Kier alpha value is -1.60. The number of urea groups is 1. The Morgan fingerprint density at radius 2 is 2.00 bits per heavy atom.